The average Bonchev–Trinajstić information content (AvgIpc) is 2.71. The summed E-state index contributed by atoms with van der Waals surface area (Å²) in [5, 5.41) is 0. The van der Waals surface area contributed by atoms with E-state index in [1.165, 1.54) is 12.0 Å². The molecule has 0 N–H and O–H groups in total. The van der Waals surface area contributed by atoms with E-state index in [4.69, 9.17) is 4.74 Å². The van der Waals surface area contributed by atoms with Gasteiger partial charge in [-0.2, -0.15) is 0 Å². The quantitative estimate of drug-likeness (QED) is 0.543. The largest absolute Gasteiger partial charge is 0.467 e. The molecule has 0 spiro atoms. The molecule has 1 aliphatic heterocycles. The molecule has 1 rings (SSSR count). The van der Waals surface area contributed by atoms with E-state index >= 15 is 0 Å². The summed E-state index contributed by atoms with van der Waals surface area (Å²) in [5.41, 5.74) is 0.244. The predicted molar refractivity (Wildman–Crippen MR) is 73.8 cm³/mol. The van der Waals surface area contributed by atoms with E-state index in [0.717, 1.165) is 5.57 Å². The molecule has 0 saturated carbocycles. The Morgan fingerprint density at radius 3 is 2.26 bits per heavy atom. The Balaban J connectivity index is 0.00000154. The van der Waals surface area contributed by atoms with Gasteiger partial charge in [-0.25, -0.2) is 9.59 Å². The first-order valence-electron chi connectivity index (χ1n) is 6.48. The summed E-state index contributed by atoms with van der Waals surface area (Å²) in [6.07, 6.45) is -0.0714. The minimum atomic E-state index is -0.609. The van der Waals surface area contributed by atoms with Crippen molar-refractivity contribution in [3.8, 4) is 0 Å². The summed E-state index contributed by atoms with van der Waals surface area (Å²) in [7, 11) is 1.30. The zero-order valence-electron chi connectivity index (χ0n) is 12.8. The Bertz CT molecular complexity index is 344. The van der Waals surface area contributed by atoms with E-state index in [1.54, 1.807) is 20.8 Å². The predicted octanol–water partition coefficient (Wildman–Crippen LogP) is 2.75. The molecule has 0 bridgehead atoms. The SMILES string of the molecule is C=C1C[C@@H](C(=O)OC)N(C(=O)OC(C)(C)C)C1.CC. The highest BCUT2D eigenvalue weighted by molar-refractivity contribution is 5.83. The molecule has 5 nitrogen and oxygen atoms in total. The standard InChI is InChI=1S/C12H19NO4.C2H6/c1-8-6-9(10(14)16-5)13(7-8)11(15)17-12(2,3)4;1-2/h9H,1,6-7H2,2-5H3;1-2H3/t9-;/m0./s1. The smallest absolute Gasteiger partial charge is 0.411 e. The number of nitrogens with zero attached hydrogens (tertiary/aromatic N) is 1. The van der Waals surface area contributed by atoms with Crippen LogP contribution in [-0.4, -0.2) is 42.3 Å². The van der Waals surface area contributed by atoms with E-state index < -0.39 is 23.7 Å². The first-order valence-corrected chi connectivity index (χ1v) is 6.48. The van der Waals surface area contributed by atoms with Gasteiger partial charge in [0.05, 0.1) is 7.11 Å². The molecule has 1 saturated heterocycles. The van der Waals surface area contributed by atoms with Gasteiger partial charge in [0.15, 0.2) is 0 Å². The summed E-state index contributed by atoms with van der Waals surface area (Å²) < 4.78 is 9.90. The van der Waals surface area contributed by atoms with Crippen LogP contribution < -0.4 is 0 Å². The van der Waals surface area contributed by atoms with Gasteiger partial charge in [-0.1, -0.05) is 26.0 Å². The molecule has 0 aliphatic carbocycles. The summed E-state index contributed by atoms with van der Waals surface area (Å²) in [5.74, 6) is -0.436. The van der Waals surface area contributed by atoms with Gasteiger partial charge in [0.2, 0.25) is 0 Å². The molecule has 0 unspecified atom stereocenters. The zero-order chi connectivity index (χ0) is 15.2. The lowest BCUT2D eigenvalue weighted by atomic mass is 10.2. The Morgan fingerprint density at radius 1 is 1.32 bits per heavy atom. The molecule has 110 valence electrons. The molecule has 5 heteroatoms. The highest BCUT2D eigenvalue weighted by Crippen LogP contribution is 2.24. The van der Waals surface area contributed by atoms with E-state index in [0.29, 0.717) is 13.0 Å². The van der Waals surface area contributed by atoms with Gasteiger partial charge in [0.1, 0.15) is 11.6 Å². The number of methoxy groups -OCH3 is 1. The van der Waals surface area contributed by atoms with Crippen LogP contribution in [0.1, 0.15) is 41.0 Å². The molecule has 1 heterocycles. The number of carbonyl (C=O) groups is 2. The topological polar surface area (TPSA) is 55.8 Å². The molecular weight excluding hydrogens is 246 g/mol. The third-order valence-corrected chi connectivity index (χ3v) is 2.35. The molecule has 0 aromatic carbocycles. The second-order valence-corrected chi connectivity index (χ2v) is 5.10. The maximum absolute atomic E-state index is 11.9. The third-order valence-electron chi connectivity index (χ3n) is 2.35. The number of esters is 1. The van der Waals surface area contributed by atoms with Crippen molar-refractivity contribution in [3.05, 3.63) is 12.2 Å². The minimum Gasteiger partial charge on any atom is -0.467 e. The maximum atomic E-state index is 11.9. The number of hydrogen-bond donors (Lipinski definition) is 0. The van der Waals surface area contributed by atoms with Crippen LogP contribution in [0.3, 0.4) is 0 Å². The van der Waals surface area contributed by atoms with Gasteiger partial charge < -0.3 is 9.47 Å². The van der Waals surface area contributed by atoms with Gasteiger partial charge in [-0.15, -0.1) is 0 Å². The van der Waals surface area contributed by atoms with Gasteiger partial charge in [-0.3, -0.25) is 4.90 Å². The van der Waals surface area contributed by atoms with Crippen molar-refractivity contribution in [3.63, 3.8) is 0 Å². The second kappa shape index (κ2) is 7.16. The van der Waals surface area contributed by atoms with Crippen LogP contribution in [0.2, 0.25) is 0 Å². The van der Waals surface area contributed by atoms with Crippen molar-refractivity contribution in [1.29, 1.82) is 0 Å². The fraction of sp³-hybridized carbons (Fsp3) is 0.714. The van der Waals surface area contributed by atoms with Crippen LogP contribution in [0.5, 0.6) is 0 Å². The lowest BCUT2D eigenvalue weighted by molar-refractivity contribution is -0.145. The van der Waals surface area contributed by atoms with Crippen molar-refractivity contribution < 1.29 is 19.1 Å². The van der Waals surface area contributed by atoms with Crippen LogP contribution in [0.4, 0.5) is 4.79 Å². The first-order chi connectivity index (χ1) is 8.74. The number of rotatable bonds is 1. The Kier molecular flexibility index (Phi) is 6.59. The molecule has 1 aliphatic rings. The molecule has 0 radical (unpaired) electrons. The summed E-state index contributed by atoms with van der Waals surface area (Å²) in [6, 6.07) is -0.609. The van der Waals surface area contributed by atoms with E-state index in [2.05, 4.69) is 11.3 Å². The number of amides is 1. The van der Waals surface area contributed by atoms with Gasteiger partial charge in [0, 0.05) is 13.0 Å². The van der Waals surface area contributed by atoms with Gasteiger partial charge in [0.25, 0.3) is 0 Å². The second-order valence-electron chi connectivity index (χ2n) is 5.10. The van der Waals surface area contributed by atoms with Crippen molar-refractivity contribution in [2.24, 2.45) is 0 Å². The zero-order valence-corrected chi connectivity index (χ0v) is 12.8. The van der Waals surface area contributed by atoms with E-state index in [-0.39, 0.29) is 0 Å². The van der Waals surface area contributed by atoms with Crippen LogP contribution in [-0.2, 0) is 14.3 Å². The fourth-order valence-corrected chi connectivity index (χ4v) is 1.66. The van der Waals surface area contributed by atoms with Crippen molar-refractivity contribution in [2.45, 2.75) is 52.7 Å². The monoisotopic (exact) mass is 271 g/mol. The lowest BCUT2D eigenvalue weighted by Crippen LogP contribution is -2.43. The van der Waals surface area contributed by atoms with Gasteiger partial charge >= 0.3 is 12.1 Å². The lowest BCUT2D eigenvalue weighted by Gasteiger charge is -2.27. The Labute approximate surface area is 115 Å². The molecule has 19 heavy (non-hydrogen) atoms. The first kappa shape index (κ1) is 17.5. The molecule has 1 fully saturated rings. The normalized spacial score (nSPS) is 18.5. The van der Waals surface area contributed by atoms with Crippen LogP contribution in [0, 0.1) is 0 Å². The van der Waals surface area contributed by atoms with Gasteiger partial charge in [-0.05, 0) is 20.8 Å². The molecular formula is C14H25NO4. The molecule has 1 amide bonds. The summed E-state index contributed by atoms with van der Waals surface area (Å²) >= 11 is 0. The fourth-order valence-electron chi connectivity index (χ4n) is 1.66. The van der Waals surface area contributed by atoms with E-state index in [1.807, 2.05) is 13.8 Å². The van der Waals surface area contributed by atoms with Crippen LogP contribution >= 0.6 is 0 Å². The van der Waals surface area contributed by atoms with Crippen molar-refractivity contribution in [2.75, 3.05) is 13.7 Å². The Morgan fingerprint density at radius 2 is 1.84 bits per heavy atom. The highest BCUT2D eigenvalue weighted by atomic mass is 16.6. The maximum Gasteiger partial charge on any atom is 0.411 e. The molecule has 1 atom stereocenters. The van der Waals surface area contributed by atoms with Crippen LogP contribution in [0.15, 0.2) is 12.2 Å². The average molecular weight is 271 g/mol. The highest BCUT2D eigenvalue weighted by Gasteiger charge is 2.38. The minimum absolute atomic E-state index is 0.342. The van der Waals surface area contributed by atoms with E-state index in [9.17, 15) is 9.59 Å². The van der Waals surface area contributed by atoms with Crippen molar-refractivity contribution >= 4 is 12.1 Å². The third kappa shape index (κ3) is 5.32. The summed E-state index contributed by atoms with van der Waals surface area (Å²) in [4.78, 5) is 24.8. The molecule has 0 aromatic rings. The Hall–Kier alpha value is -1.52. The number of carbonyl (C=O) groups excluding carboxylic acids is 2. The summed E-state index contributed by atoms with van der Waals surface area (Å²) in [6.45, 7) is 13.5. The molecule has 0 aromatic heterocycles. The van der Waals surface area contributed by atoms with Crippen LogP contribution in [0.25, 0.3) is 0 Å². The number of ether oxygens (including phenoxy) is 2. The van der Waals surface area contributed by atoms with Crippen molar-refractivity contribution in [1.82, 2.24) is 4.90 Å². The number of likely N-dealkylation sites (tertiary alicyclic amines) is 1. The number of hydrogen-bond acceptors (Lipinski definition) is 4.